The summed E-state index contributed by atoms with van der Waals surface area (Å²) in [5, 5.41) is 12.6. The minimum absolute atomic E-state index is 0.253. The molecule has 2 N–H and O–H groups in total. The van der Waals surface area contributed by atoms with Crippen molar-refractivity contribution in [3.8, 4) is 0 Å². The number of sulfonamides is 1. The molecule has 1 saturated heterocycles. The van der Waals surface area contributed by atoms with Crippen LogP contribution >= 0.6 is 0 Å². The molecule has 0 saturated carbocycles. The van der Waals surface area contributed by atoms with Crippen molar-refractivity contribution in [1.29, 1.82) is 0 Å². The van der Waals surface area contributed by atoms with Crippen LogP contribution in [-0.4, -0.2) is 43.5 Å². The molecule has 19 heavy (non-hydrogen) atoms. The van der Waals surface area contributed by atoms with E-state index < -0.39 is 15.6 Å². The third-order valence-corrected chi connectivity index (χ3v) is 3.99. The molecule has 0 radical (unpaired) electrons. The SMILES string of the molecule is COCCn1c(C2(C)CCCO2)nnc1S(N)(=O)=O. The van der Waals surface area contributed by atoms with Gasteiger partial charge in [-0.25, -0.2) is 13.6 Å². The molecule has 2 heterocycles. The highest BCUT2D eigenvalue weighted by molar-refractivity contribution is 7.89. The van der Waals surface area contributed by atoms with Crippen LogP contribution in [0.5, 0.6) is 0 Å². The second-order valence-corrected chi connectivity index (χ2v) is 6.13. The van der Waals surface area contributed by atoms with E-state index in [2.05, 4.69) is 10.2 Å². The van der Waals surface area contributed by atoms with E-state index in [1.807, 2.05) is 6.92 Å². The van der Waals surface area contributed by atoms with Crippen molar-refractivity contribution in [2.24, 2.45) is 5.14 Å². The zero-order chi connectivity index (χ0) is 14.1. The van der Waals surface area contributed by atoms with E-state index in [1.54, 1.807) is 0 Å². The summed E-state index contributed by atoms with van der Waals surface area (Å²) in [4.78, 5) is 0. The standard InChI is InChI=1S/C10H18N4O4S/c1-10(4-3-6-18-10)8-12-13-9(19(11,15)16)14(8)5-7-17-2/h3-7H2,1-2H3,(H2,11,15,16). The first-order valence-electron chi connectivity index (χ1n) is 5.98. The van der Waals surface area contributed by atoms with Crippen molar-refractivity contribution in [2.75, 3.05) is 20.3 Å². The van der Waals surface area contributed by atoms with Crippen molar-refractivity contribution in [3.05, 3.63) is 5.82 Å². The predicted molar refractivity (Wildman–Crippen MR) is 65.8 cm³/mol. The summed E-state index contributed by atoms with van der Waals surface area (Å²) in [6.45, 7) is 3.14. The molecule has 2 rings (SSSR count). The minimum Gasteiger partial charge on any atom is -0.383 e. The maximum absolute atomic E-state index is 11.5. The van der Waals surface area contributed by atoms with Crippen LogP contribution in [0.25, 0.3) is 0 Å². The van der Waals surface area contributed by atoms with Crippen LogP contribution in [0.1, 0.15) is 25.6 Å². The maximum Gasteiger partial charge on any atom is 0.273 e. The smallest absolute Gasteiger partial charge is 0.273 e. The quantitative estimate of drug-likeness (QED) is 0.790. The minimum atomic E-state index is -3.92. The number of nitrogens with two attached hydrogens (primary N) is 1. The highest BCUT2D eigenvalue weighted by Gasteiger charge is 2.38. The maximum atomic E-state index is 11.5. The lowest BCUT2D eigenvalue weighted by Crippen LogP contribution is -2.28. The molecule has 0 aliphatic carbocycles. The van der Waals surface area contributed by atoms with Crippen LogP contribution in [0.4, 0.5) is 0 Å². The van der Waals surface area contributed by atoms with E-state index in [4.69, 9.17) is 14.6 Å². The van der Waals surface area contributed by atoms with Crippen LogP contribution in [0.15, 0.2) is 5.16 Å². The van der Waals surface area contributed by atoms with Gasteiger partial charge in [0, 0.05) is 13.7 Å². The van der Waals surface area contributed by atoms with E-state index in [-0.39, 0.29) is 5.16 Å². The fraction of sp³-hybridized carbons (Fsp3) is 0.800. The first kappa shape index (κ1) is 14.4. The fourth-order valence-corrected chi connectivity index (χ4v) is 2.87. The van der Waals surface area contributed by atoms with Crippen LogP contribution in [-0.2, 0) is 31.6 Å². The molecule has 8 nitrogen and oxygen atoms in total. The van der Waals surface area contributed by atoms with Crippen LogP contribution in [0.3, 0.4) is 0 Å². The fourth-order valence-electron chi connectivity index (χ4n) is 2.23. The number of hydrogen-bond acceptors (Lipinski definition) is 6. The molecule has 1 aromatic rings. The summed E-state index contributed by atoms with van der Waals surface area (Å²) >= 11 is 0. The predicted octanol–water partition coefficient (Wildman–Crippen LogP) is -0.402. The second kappa shape index (κ2) is 5.16. The topological polar surface area (TPSA) is 109 Å². The Morgan fingerprint density at radius 3 is 2.79 bits per heavy atom. The van der Waals surface area contributed by atoms with Crippen LogP contribution in [0.2, 0.25) is 0 Å². The Labute approximate surface area is 111 Å². The number of rotatable bonds is 5. The van der Waals surface area contributed by atoms with E-state index in [9.17, 15) is 8.42 Å². The number of aromatic nitrogens is 3. The average molecular weight is 290 g/mol. The van der Waals surface area contributed by atoms with E-state index in [0.717, 1.165) is 12.8 Å². The van der Waals surface area contributed by atoms with Gasteiger partial charge in [0.15, 0.2) is 5.82 Å². The van der Waals surface area contributed by atoms with Gasteiger partial charge in [-0.3, -0.25) is 4.57 Å². The lowest BCUT2D eigenvalue weighted by atomic mass is 10.0. The van der Waals surface area contributed by atoms with Gasteiger partial charge in [0.1, 0.15) is 5.60 Å². The molecule has 1 aliphatic heterocycles. The number of methoxy groups -OCH3 is 1. The van der Waals surface area contributed by atoms with Gasteiger partial charge < -0.3 is 9.47 Å². The normalized spacial score (nSPS) is 23.9. The molecule has 0 amide bonds. The van der Waals surface area contributed by atoms with Crippen molar-refractivity contribution in [1.82, 2.24) is 14.8 Å². The highest BCUT2D eigenvalue weighted by Crippen LogP contribution is 2.35. The van der Waals surface area contributed by atoms with E-state index in [0.29, 0.717) is 25.6 Å². The molecule has 0 bridgehead atoms. The van der Waals surface area contributed by atoms with Gasteiger partial charge in [0.25, 0.3) is 15.2 Å². The molecule has 1 fully saturated rings. The lowest BCUT2D eigenvalue weighted by molar-refractivity contribution is 0.00490. The Kier molecular flexibility index (Phi) is 3.90. The third-order valence-electron chi connectivity index (χ3n) is 3.18. The average Bonchev–Trinajstić information content (AvgIpc) is 2.92. The van der Waals surface area contributed by atoms with Gasteiger partial charge in [-0.2, -0.15) is 0 Å². The summed E-state index contributed by atoms with van der Waals surface area (Å²) < 4.78 is 35.2. The number of hydrogen-bond donors (Lipinski definition) is 1. The molecule has 1 aromatic heterocycles. The Morgan fingerprint density at radius 2 is 2.26 bits per heavy atom. The molecule has 0 spiro atoms. The van der Waals surface area contributed by atoms with Crippen molar-refractivity contribution in [2.45, 2.75) is 37.1 Å². The van der Waals surface area contributed by atoms with Gasteiger partial charge in [-0.05, 0) is 19.8 Å². The summed E-state index contributed by atoms with van der Waals surface area (Å²) in [6, 6.07) is 0. The molecule has 1 atom stereocenters. The van der Waals surface area contributed by atoms with Gasteiger partial charge in [-0.1, -0.05) is 0 Å². The second-order valence-electron chi connectivity index (χ2n) is 4.68. The highest BCUT2D eigenvalue weighted by atomic mass is 32.2. The summed E-state index contributed by atoms with van der Waals surface area (Å²) in [5.41, 5.74) is -0.621. The van der Waals surface area contributed by atoms with E-state index >= 15 is 0 Å². The monoisotopic (exact) mass is 290 g/mol. The molecule has 9 heteroatoms. The van der Waals surface area contributed by atoms with Gasteiger partial charge in [0.05, 0.1) is 13.2 Å². The van der Waals surface area contributed by atoms with Gasteiger partial charge in [0.2, 0.25) is 0 Å². The third kappa shape index (κ3) is 2.78. The Bertz CT molecular complexity index is 548. The summed E-state index contributed by atoms with van der Waals surface area (Å²) in [5.74, 6) is 0.478. The molecule has 1 aliphatic rings. The van der Waals surface area contributed by atoms with Crippen LogP contribution < -0.4 is 5.14 Å². The Balaban J connectivity index is 2.46. The molecular weight excluding hydrogens is 272 g/mol. The summed E-state index contributed by atoms with van der Waals surface area (Å²) in [7, 11) is -2.38. The Hall–Kier alpha value is -1.03. The molecule has 0 aromatic carbocycles. The van der Waals surface area contributed by atoms with Crippen LogP contribution in [0, 0.1) is 0 Å². The first-order chi connectivity index (χ1) is 8.88. The van der Waals surface area contributed by atoms with E-state index in [1.165, 1.54) is 11.7 Å². The number of ether oxygens (including phenoxy) is 2. The van der Waals surface area contributed by atoms with Crippen molar-refractivity contribution < 1.29 is 17.9 Å². The first-order valence-corrected chi connectivity index (χ1v) is 7.52. The van der Waals surface area contributed by atoms with Crippen molar-refractivity contribution in [3.63, 3.8) is 0 Å². The molecular formula is C10H18N4O4S. The van der Waals surface area contributed by atoms with Gasteiger partial charge in [-0.15, -0.1) is 10.2 Å². The van der Waals surface area contributed by atoms with Gasteiger partial charge >= 0.3 is 0 Å². The Morgan fingerprint density at radius 1 is 1.53 bits per heavy atom. The molecule has 108 valence electrons. The number of nitrogens with zero attached hydrogens (tertiary/aromatic N) is 3. The van der Waals surface area contributed by atoms with Crippen molar-refractivity contribution >= 4 is 10.0 Å². The summed E-state index contributed by atoms with van der Waals surface area (Å²) in [6.07, 6.45) is 1.67. The molecule has 1 unspecified atom stereocenters. The zero-order valence-electron chi connectivity index (χ0n) is 11.0. The zero-order valence-corrected chi connectivity index (χ0v) is 11.8. The lowest BCUT2D eigenvalue weighted by Gasteiger charge is -2.23. The largest absolute Gasteiger partial charge is 0.383 e. The number of primary sulfonamides is 1.